The highest BCUT2D eigenvalue weighted by atomic mass is 19.1. The Kier molecular flexibility index (Phi) is 2.90. The Morgan fingerprint density at radius 2 is 2.05 bits per heavy atom. The third-order valence-corrected chi connectivity index (χ3v) is 5.24. The number of nitrogens with zero attached hydrogens (tertiary/aromatic N) is 2. The molecule has 0 radical (unpaired) electrons. The Hall–Kier alpha value is -2.10. The van der Waals surface area contributed by atoms with Gasteiger partial charge in [0.05, 0.1) is 12.6 Å². The van der Waals surface area contributed by atoms with E-state index in [1.807, 2.05) is 18.2 Å². The molecule has 114 valence electrons. The summed E-state index contributed by atoms with van der Waals surface area (Å²) < 4.78 is 19.3. The summed E-state index contributed by atoms with van der Waals surface area (Å²) in [6, 6.07) is 10.5. The van der Waals surface area contributed by atoms with Crippen LogP contribution in [0.25, 0.3) is 0 Å². The number of ether oxygens (including phenoxy) is 1. The minimum atomic E-state index is -0.301. The summed E-state index contributed by atoms with van der Waals surface area (Å²) in [5, 5.41) is 0. The quantitative estimate of drug-likeness (QED) is 0.791. The van der Waals surface area contributed by atoms with E-state index in [-0.39, 0.29) is 11.5 Å². The standard InChI is InChI=1S/C18H19FN2O/c1-18-9-7-13(11-15-16(18)8-10-20-17(15)19)21(18)12-3-5-14(22-2)6-4-12/h3-6,8,10,13H,7,9,11H2,1-2H3/t13-,18+/m0/s1. The average molecular weight is 298 g/mol. The molecule has 4 rings (SSSR count). The molecule has 0 saturated carbocycles. The number of methoxy groups -OCH3 is 1. The molecule has 1 aromatic carbocycles. The number of fused-ring (bicyclic) bond motifs is 4. The minimum absolute atomic E-state index is 0.156. The van der Waals surface area contributed by atoms with Crippen LogP contribution in [0.3, 0.4) is 0 Å². The Balaban J connectivity index is 1.82. The van der Waals surface area contributed by atoms with E-state index in [9.17, 15) is 4.39 Å². The summed E-state index contributed by atoms with van der Waals surface area (Å²) >= 11 is 0. The predicted molar refractivity (Wildman–Crippen MR) is 83.7 cm³/mol. The average Bonchev–Trinajstić information content (AvgIpc) is 2.79. The molecule has 0 amide bonds. The van der Waals surface area contributed by atoms with Gasteiger partial charge in [0.1, 0.15) is 5.75 Å². The molecule has 2 atom stereocenters. The molecule has 0 spiro atoms. The molecule has 2 aliphatic heterocycles. The van der Waals surface area contributed by atoms with Crippen molar-refractivity contribution in [3.8, 4) is 5.75 Å². The maximum Gasteiger partial charge on any atom is 0.216 e. The van der Waals surface area contributed by atoms with E-state index in [1.54, 1.807) is 13.3 Å². The summed E-state index contributed by atoms with van der Waals surface area (Å²) in [7, 11) is 1.67. The van der Waals surface area contributed by atoms with Gasteiger partial charge in [-0.3, -0.25) is 0 Å². The van der Waals surface area contributed by atoms with E-state index >= 15 is 0 Å². The molecule has 1 saturated heterocycles. The number of aromatic nitrogens is 1. The van der Waals surface area contributed by atoms with Crippen molar-refractivity contribution in [2.24, 2.45) is 0 Å². The van der Waals surface area contributed by atoms with Crippen molar-refractivity contribution in [1.29, 1.82) is 0 Å². The second-order valence-electron chi connectivity index (χ2n) is 6.37. The highest BCUT2D eigenvalue weighted by Gasteiger charge is 2.49. The summed E-state index contributed by atoms with van der Waals surface area (Å²) in [6.07, 6.45) is 4.44. The van der Waals surface area contributed by atoms with Gasteiger partial charge < -0.3 is 9.64 Å². The van der Waals surface area contributed by atoms with Gasteiger partial charge in [0, 0.05) is 23.5 Å². The van der Waals surface area contributed by atoms with E-state index in [1.165, 1.54) is 5.69 Å². The van der Waals surface area contributed by atoms with Crippen LogP contribution >= 0.6 is 0 Å². The smallest absolute Gasteiger partial charge is 0.216 e. The first-order valence-electron chi connectivity index (χ1n) is 7.71. The van der Waals surface area contributed by atoms with Gasteiger partial charge in [0.2, 0.25) is 5.95 Å². The van der Waals surface area contributed by atoms with Crippen molar-refractivity contribution in [2.45, 2.75) is 37.8 Å². The molecule has 3 heterocycles. The van der Waals surface area contributed by atoms with Crippen LogP contribution in [0, 0.1) is 5.95 Å². The summed E-state index contributed by atoms with van der Waals surface area (Å²) in [5.74, 6) is 0.555. The van der Waals surface area contributed by atoms with Crippen molar-refractivity contribution in [3.63, 3.8) is 0 Å². The molecule has 1 fully saturated rings. The second-order valence-corrected chi connectivity index (χ2v) is 6.37. The van der Waals surface area contributed by atoms with Crippen molar-refractivity contribution in [2.75, 3.05) is 12.0 Å². The molecule has 4 heteroatoms. The molecular formula is C18H19FN2O. The molecule has 3 nitrogen and oxygen atoms in total. The van der Waals surface area contributed by atoms with Gasteiger partial charge in [0.25, 0.3) is 0 Å². The minimum Gasteiger partial charge on any atom is -0.497 e. The van der Waals surface area contributed by atoms with Crippen LogP contribution in [0.4, 0.5) is 10.1 Å². The van der Waals surface area contributed by atoms with Gasteiger partial charge >= 0.3 is 0 Å². The maximum atomic E-state index is 14.1. The normalized spacial score (nSPS) is 26.0. The lowest BCUT2D eigenvalue weighted by molar-refractivity contribution is 0.413. The van der Waals surface area contributed by atoms with Gasteiger partial charge in [-0.2, -0.15) is 4.39 Å². The van der Waals surface area contributed by atoms with Gasteiger partial charge in [-0.1, -0.05) is 0 Å². The van der Waals surface area contributed by atoms with Crippen LogP contribution in [0.2, 0.25) is 0 Å². The summed E-state index contributed by atoms with van der Waals surface area (Å²) in [5.41, 5.74) is 2.91. The summed E-state index contributed by atoms with van der Waals surface area (Å²) in [6.45, 7) is 2.22. The van der Waals surface area contributed by atoms with Gasteiger partial charge in [0.15, 0.2) is 0 Å². The topological polar surface area (TPSA) is 25.4 Å². The maximum absolute atomic E-state index is 14.1. The summed E-state index contributed by atoms with van der Waals surface area (Å²) in [4.78, 5) is 6.29. The zero-order valence-electron chi connectivity index (χ0n) is 12.8. The Morgan fingerprint density at radius 3 is 2.77 bits per heavy atom. The van der Waals surface area contributed by atoms with Crippen LogP contribution in [-0.2, 0) is 12.0 Å². The van der Waals surface area contributed by atoms with E-state index in [2.05, 4.69) is 28.9 Å². The fraction of sp³-hybridized carbons (Fsp3) is 0.389. The zero-order valence-corrected chi connectivity index (χ0v) is 12.8. The van der Waals surface area contributed by atoms with Gasteiger partial charge in [-0.05, 0) is 62.1 Å². The first-order chi connectivity index (χ1) is 10.6. The van der Waals surface area contributed by atoms with Crippen LogP contribution in [-0.4, -0.2) is 18.1 Å². The molecule has 0 N–H and O–H groups in total. The lowest BCUT2D eigenvalue weighted by Crippen LogP contribution is -2.48. The van der Waals surface area contributed by atoms with Crippen molar-refractivity contribution < 1.29 is 9.13 Å². The van der Waals surface area contributed by atoms with E-state index in [4.69, 9.17) is 4.74 Å². The van der Waals surface area contributed by atoms with E-state index in [0.717, 1.165) is 36.1 Å². The molecule has 22 heavy (non-hydrogen) atoms. The molecule has 2 aromatic rings. The molecule has 0 unspecified atom stereocenters. The lowest BCUT2D eigenvalue weighted by Gasteiger charge is -2.45. The lowest BCUT2D eigenvalue weighted by atomic mass is 9.84. The zero-order chi connectivity index (χ0) is 15.3. The number of anilines is 1. The van der Waals surface area contributed by atoms with Crippen LogP contribution in [0.15, 0.2) is 36.5 Å². The Labute approximate surface area is 129 Å². The van der Waals surface area contributed by atoms with E-state index < -0.39 is 0 Å². The second kappa shape index (κ2) is 4.70. The largest absolute Gasteiger partial charge is 0.497 e. The molecule has 2 aliphatic rings. The van der Waals surface area contributed by atoms with Crippen LogP contribution in [0.5, 0.6) is 5.75 Å². The third kappa shape index (κ3) is 1.76. The monoisotopic (exact) mass is 298 g/mol. The first-order valence-corrected chi connectivity index (χ1v) is 7.71. The number of rotatable bonds is 2. The number of halogens is 1. The number of benzene rings is 1. The molecule has 1 aromatic heterocycles. The Bertz CT molecular complexity index is 716. The highest BCUT2D eigenvalue weighted by molar-refractivity contribution is 5.58. The van der Waals surface area contributed by atoms with Gasteiger partial charge in [-0.25, -0.2) is 4.98 Å². The number of hydrogen-bond acceptors (Lipinski definition) is 3. The fourth-order valence-electron chi connectivity index (χ4n) is 4.20. The van der Waals surface area contributed by atoms with Crippen molar-refractivity contribution >= 4 is 5.69 Å². The van der Waals surface area contributed by atoms with Crippen LogP contribution in [0.1, 0.15) is 30.9 Å². The fourth-order valence-corrected chi connectivity index (χ4v) is 4.20. The third-order valence-electron chi connectivity index (χ3n) is 5.24. The Morgan fingerprint density at radius 1 is 1.27 bits per heavy atom. The molecular weight excluding hydrogens is 279 g/mol. The molecule has 2 bridgehead atoms. The number of hydrogen-bond donors (Lipinski definition) is 0. The highest BCUT2D eigenvalue weighted by Crippen LogP contribution is 2.50. The van der Waals surface area contributed by atoms with E-state index in [0.29, 0.717) is 6.04 Å². The number of pyridine rings is 1. The van der Waals surface area contributed by atoms with Crippen molar-refractivity contribution in [1.82, 2.24) is 4.98 Å². The van der Waals surface area contributed by atoms with Crippen molar-refractivity contribution in [3.05, 3.63) is 53.6 Å². The predicted octanol–water partition coefficient (Wildman–Crippen LogP) is 3.67. The first kappa shape index (κ1) is 13.6. The molecule has 0 aliphatic carbocycles. The van der Waals surface area contributed by atoms with Crippen LogP contribution < -0.4 is 9.64 Å². The SMILES string of the molecule is COc1ccc(N2[C@H]3CC[C@]2(C)c2ccnc(F)c2C3)cc1. The van der Waals surface area contributed by atoms with Gasteiger partial charge in [-0.15, -0.1) is 0 Å².